The Kier molecular flexibility index (Phi) is 7.96. The summed E-state index contributed by atoms with van der Waals surface area (Å²) in [7, 11) is 0. The third kappa shape index (κ3) is 5.97. The molecule has 2 aromatic carbocycles. The molecule has 1 heterocycles. The van der Waals surface area contributed by atoms with E-state index in [9.17, 15) is 4.79 Å². The van der Waals surface area contributed by atoms with Gasteiger partial charge in [0, 0.05) is 11.6 Å². The van der Waals surface area contributed by atoms with Crippen LogP contribution in [0.2, 0.25) is 5.02 Å². The highest BCUT2D eigenvalue weighted by molar-refractivity contribution is 6.31. The highest BCUT2D eigenvalue weighted by Crippen LogP contribution is 2.29. The maximum Gasteiger partial charge on any atom is 0.258 e. The average molecular weight is 415 g/mol. The minimum Gasteiger partial charge on any atom is -0.483 e. The maximum absolute atomic E-state index is 12.5. The van der Waals surface area contributed by atoms with E-state index >= 15 is 0 Å². The Morgan fingerprint density at radius 1 is 1.07 bits per heavy atom. The van der Waals surface area contributed by atoms with Gasteiger partial charge < -0.3 is 10.1 Å². The summed E-state index contributed by atoms with van der Waals surface area (Å²) < 4.78 is 5.75. The normalized spacial score (nSPS) is 16.1. The summed E-state index contributed by atoms with van der Waals surface area (Å²) in [4.78, 5) is 15.0. The van der Waals surface area contributed by atoms with Crippen molar-refractivity contribution in [1.82, 2.24) is 10.2 Å². The molecule has 0 bridgehead atoms. The van der Waals surface area contributed by atoms with Crippen molar-refractivity contribution in [1.29, 1.82) is 0 Å². The molecule has 3 rings (SSSR count). The van der Waals surface area contributed by atoms with Crippen molar-refractivity contribution in [2.24, 2.45) is 0 Å². The second kappa shape index (κ2) is 10.7. The number of benzene rings is 2. The maximum atomic E-state index is 12.5. The smallest absolute Gasteiger partial charge is 0.258 e. The SMILES string of the molecule is Cc1cccc(OCC(=O)NC[C@@H](c2ccccc2Cl)N2CCCCCC2)c1C. The summed E-state index contributed by atoms with van der Waals surface area (Å²) in [6.07, 6.45) is 4.90. The molecule has 1 saturated heterocycles. The van der Waals surface area contributed by atoms with Crippen LogP contribution in [0.4, 0.5) is 0 Å². The van der Waals surface area contributed by atoms with Gasteiger partial charge in [0.05, 0.1) is 6.04 Å². The fourth-order valence-corrected chi connectivity index (χ4v) is 4.13. The van der Waals surface area contributed by atoms with Gasteiger partial charge in [-0.3, -0.25) is 9.69 Å². The number of carbonyl (C=O) groups excluding carboxylic acids is 1. The topological polar surface area (TPSA) is 41.6 Å². The zero-order valence-corrected chi connectivity index (χ0v) is 18.2. The molecule has 2 aromatic rings. The Bertz CT molecular complexity index is 816. The van der Waals surface area contributed by atoms with E-state index in [4.69, 9.17) is 16.3 Å². The molecular weight excluding hydrogens is 384 g/mol. The predicted molar refractivity (Wildman–Crippen MR) is 119 cm³/mol. The summed E-state index contributed by atoms with van der Waals surface area (Å²) in [6.45, 7) is 6.65. The molecule has 1 atom stereocenters. The quantitative estimate of drug-likeness (QED) is 0.687. The number of nitrogens with zero attached hydrogens (tertiary/aromatic N) is 1. The van der Waals surface area contributed by atoms with Crippen LogP contribution in [0.5, 0.6) is 5.75 Å². The molecule has 1 aliphatic rings. The first kappa shape index (κ1) is 21.7. The first-order valence-electron chi connectivity index (χ1n) is 10.5. The first-order valence-corrected chi connectivity index (χ1v) is 10.9. The van der Waals surface area contributed by atoms with E-state index in [1.54, 1.807) is 0 Å². The number of likely N-dealkylation sites (tertiary alicyclic amines) is 1. The van der Waals surface area contributed by atoms with Crippen LogP contribution >= 0.6 is 11.6 Å². The van der Waals surface area contributed by atoms with Gasteiger partial charge in [-0.2, -0.15) is 0 Å². The summed E-state index contributed by atoms with van der Waals surface area (Å²) in [5.41, 5.74) is 3.30. The molecule has 0 radical (unpaired) electrons. The average Bonchev–Trinajstić information content (AvgIpc) is 3.00. The van der Waals surface area contributed by atoms with Gasteiger partial charge in [0.15, 0.2) is 6.61 Å². The lowest BCUT2D eigenvalue weighted by atomic mass is 10.0. The van der Waals surface area contributed by atoms with Gasteiger partial charge in [-0.15, -0.1) is 0 Å². The van der Waals surface area contributed by atoms with Crippen molar-refractivity contribution in [3.8, 4) is 5.75 Å². The lowest BCUT2D eigenvalue weighted by Crippen LogP contribution is -2.40. The van der Waals surface area contributed by atoms with Crippen LogP contribution in [0.1, 0.15) is 48.4 Å². The number of nitrogens with one attached hydrogen (secondary N) is 1. The molecule has 1 N–H and O–H groups in total. The van der Waals surface area contributed by atoms with Crippen molar-refractivity contribution in [3.05, 3.63) is 64.2 Å². The molecule has 5 heteroatoms. The van der Waals surface area contributed by atoms with Crippen LogP contribution in [-0.2, 0) is 4.79 Å². The molecule has 156 valence electrons. The van der Waals surface area contributed by atoms with Crippen LogP contribution in [0.25, 0.3) is 0 Å². The molecule has 0 saturated carbocycles. The molecule has 1 amide bonds. The van der Waals surface area contributed by atoms with Gasteiger partial charge >= 0.3 is 0 Å². The summed E-state index contributed by atoms with van der Waals surface area (Å²) in [6, 6.07) is 13.9. The lowest BCUT2D eigenvalue weighted by Gasteiger charge is -2.31. The van der Waals surface area contributed by atoms with E-state index in [1.165, 1.54) is 25.7 Å². The van der Waals surface area contributed by atoms with E-state index in [0.29, 0.717) is 6.54 Å². The zero-order chi connectivity index (χ0) is 20.6. The number of carbonyl (C=O) groups is 1. The van der Waals surface area contributed by atoms with Gasteiger partial charge in [0.2, 0.25) is 0 Å². The van der Waals surface area contributed by atoms with Crippen molar-refractivity contribution < 1.29 is 9.53 Å². The highest BCUT2D eigenvalue weighted by Gasteiger charge is 2.24. The van der Waals surface area contributed by atoms with E-state index < -0.39 is 0 Å². The first-order chi connectivity index (χ1) is 14.1. The number of halogens is 1. The summed E-state index contributed by atoms with van der Waals surface area (Å²) >= 11 is 6.50. The Hall–Kier alpha value is -2.04. The Morgan fingerprint density at radius 3 is 2.52 bits per heavy atom. The van der Waals surface area contributed by atoms with Crippen LogP contribution in [-0.4, -0.2) is 37.0 Å². The predicted octanol–water partition coefficient (Wildman–Crippen LogP) is 5.07. The second-order valence-corrected chi connectivity index (χ2v) is 8.19. The summed E-state index contributed by atoms with van der Waals surface area (Å²) in [5, 5.41) is 3.82. The van der Waals surface area contributed by atoms with E-state index in [-0.39, 0.29) is 18.6 Å². The van der Waals surface area contributed by atoms with Crippen molar-refractivity contribution in [2.45, 2.75) is 45.6 Å². The molecule has 1 fully saturated rings. The number of amides is 1. The molecule has 1 aliphatic heterocycles. The number of hydrogen-bond acceptors (Lipinski definition) is 3. The van der Waals surface area contributed by atoms with E-state index in [0.717, 1.165) is 40.6 Å². The molecule has 0 aromatic heterocycles. The molecule has 0 spiro atoms. The van der Waals surface area contributed by atoms with Crippen LogP contribution < -0.4 is 10.1 Å². The van der Waals surface area contributed by atoms with Gasteiger partial charge in [-0.05, 0) is 68.6 Å². The van der Waals surface area contributed by atoms with Gasteiger partial charge in [0.1, 0.15) is 5.75 Å². The van der Waals surface area contributed by atoms with Crippen LogP contribution in [0.3, 0.4) is 0 Å². The molecule has 29 heavy (non-hydrogen) atoms. The minimum atomic E-state index is -0.113. The van der Waals surface area contributed by atoms with Crippen molar-refractivity contribution in [3.63, 3.8) is 0 Å². The Labute approximate surface area is 179 Å². The largest absolute Gasteiger partial charge is 0.483 e. The molecular formula is C24H31ClN2O2. The molecule has 0 unspecified atom stereocenters. The second-order valence-electron chi connectivity index (χ2n) is 7.78. The van der Waals surface area contributed by atoms with E-state index in [2.05, 4.69) is 16.3 Å². The van der Waals surface area contributed by atoms with Crippen LogP contribution in [0.15, 0.2) is 42.5 Å². The lowest BCUT2D eigenvalue weighted by molar-refractivity contribution is -0.123. The van der Waals surface area contributed by atoms with E-state index in [1.807, 2.05) is 50.2 Å². The van der Waals surface area contributed by atoms with Gasteiger partial charge in [-0.1, -0.05) is 54.8 Å². The monoisotopic (exact) mass is 414 g/mol. The standard InChI is InChI=1S/C24H31ClN2O2/c1-18-10-9-13-23(19(18)2)29-17-24(28)26-16-22(20-11-5-6-12-21(20)25)27-14-7-3-4-8-15-27/h5-6,9-13,22H,3-4,7-8,14-17H2,1-2H3,(H,26,28)/t22-/m0/s1. The fraction of sp³-hybridized carbons (Fsp3) is 0.458. The molecule has 4 nitrogen and oxygen atoms in total. The fourth-order valence-electron chi connectivity index (χ4n) is 3.87. The third-order valence-corrected chi connectivity index (χ3v) is 6.10. The Balaban J connectivity index is 1.63. The molecule has 0 aliphatic carbocycles. The highest BCUT2D eigenvalue weighted by atomic mass is 35.5. The Morgan fingerprint density at radius 2 is 1.79 bits per heavy atom. The number of aryl methyl sites for hydroxylation is 1. The summed E-state index contributed by atoms with van der Waals surface area (Å²) in [5.74, 6) is 0.646. The van der Waals surface area contributed by atoms with Crippen LogP contribution in [0, 0.1) is 13.8 Å². The van der Waals surface area contributed by atoms with Crippen molar-refractivity contribution in [2.75, 3.05) is 26.2 Å². The van der Waals surface area contributed by atoms with Gasteiger partial charge in [-0.25, -0.2) is 0 Å². The third-order valence-electron chi connectivity index (χ3n) is 5.75. The minimum absolute atomic E-state index is 0.0134. The zero-order valence-electron chi connectivity index (χ0n) is 17.4. The number of rotatable bonds is 7. The van der Waals surface area contributed by atoms with Gasteiger partial charge in [0.25, 0.3) is 5.91 Å². The van der Waals surface area contributed by atoms with Crippen molar-refractivity contribution >= 4 is 17.5 Å². The number of hydrogen-bond donors (Lipinski definition) is 1. The number of ether oxygens (including phenoxy) is 1.